The molecule has 2 rings (SSSR count). The van der Waals surface area contributed by atoms with Gasteiger partial charge in [0.15, 0.2) is 0 Å². The second kappa shape index (κ2) is 7.66. The van der Waals surface area contributed by atoms with E-state index in [2.05, 4.69) is 5.32 Å². The summed E-state index contributed by atoms with van der Waals surface area (Å²) in [6.07, 6.45) is 1.74. The highest BCUT2D eigenvalue weighted by Crippen LogP contribution is 2.25. The molecule has 0 fully saturated rings. The molecular weight excluding hydrogens is 304 g/mol. The van der Waals surface area contributed by atoms with Gasteiger partial charge in [-0.2, -0.15) is 0 Å². The number of hydrogen-bond donors (Lipinski definition) is 1. The highest BCUT2D eigenvalue weighted by atomic mass is 35.5. The molecule has 1 aromatic heterocycles. The van der Waals surface area contributed by atoms with Gasteiger partial charge in [-0.05, 0) is 24.3 Å². The SMILES string of the molecule is CC(=O)N(CCC(=O)NCc1ccco1)c1ccccc1Cl. The summed E-state index contributed by atoms with van der Waals surface area (Å²) in [6.45, 7) is 2.05. The van der Waals surface area contributed by atoms with Crippen LogP contribution >= 0.6 is 11.6 Å². The Balaban J connectivity index is 1.91. The number of amides is 2. The second-order valence-electron chi connectivity index (χ2n) is 4.73. The molecule has 0 unspecified atom stereocenters. The zero-order chi connectivity index (χ0) is 15.9. The van der Waals surface area contributed by atoms with Gasteiger partial charge in [-0.25, -0.2) is 0 Å². The third-order valence-corrected chi connectivity index (χ3v) is 3.45. The Hall–Kier alpha value is -2.27. The van der Waals surface area contributed by atoms with E-state index < -0.39 is 0 Å². The van der Waals surface area contributed by atoms with E-state index in [1.807, 2.05) is 0 Å². The van der Waals surface area contributed by atoms with Crippen molar-refractivity contribution in [2.45, 2.75) is 19.9 Å². The molecule has 1 N–H and O–H groups in total. The van der Waals surface area contributed by atoms with Crippen molar-refractivity contribution in [3.63, 3.8) is 0 Å². The van der Waals surface area contributed by atoms with Crippen LogP contribution in [-0.4, -0.2) is 18.4 Å². The van der Waals surface area contributed by atoms with Crippen LogP contribution in [0.2, 0.25) is 5.02 Å². The highest BCUT2D eigenvalue weighted by Gasteiger charge is 2.15. The largest absolute Gasteiger partial charge is 0.467 e. The minimum Gasteiger partial charge on any atom is -0.467 e. The molecule has 0 aliphatic heterocycles. The molecule has 0 radical (unpaired) electrons. The van der Waals surface area contributed by atoms with Gasteiger partial charge in [0.05, 0.1) is 23.5 Å². The minimum atomic E-state index is -0.160. The van der Waals surface area contributed by atoms with Crippen molar-refractivity contribution in [2.75, 3.05) is 11.4 Å². The summed E-state index contributed by atoms with van der Waals surface area (Å²) in [4.78, 5) is 25.1. The number of anilines is 1. The number of carbonyl (C=O) groups is 2. The van der Waals surface area contributed by atoms with E-state index in [4.69, 9.17) is 16.0 Å². The molecule has 1 heterocycles. The van der Waals surface area contributed by atoms with E-state index in [9.17, 15) is 9.59 Å². The van der Waals surface area contributed by atoms with Gasteiger partial charge in [0.25, 0.3) is 0 Å². The number of furan rings is 1. The molecule has 0 aliphatic carbocycles. The lowest BCUT2D eigenvalue weighted by Crippen LogP contribution is -2.33. The fourth-order valence-corrected chi connectivity index (χ4v) is 2.26. The van der Waals surface area contributed by atoms with Crippen molar-refractivity contribution >= 4 is 29.1 Å². The van der Waals surface area contributed by atoms with Crippen molar-refractivity contribution in [2.24, 2.45) is 0 Å². The van der Waals surface area contributed by atoms with E-state index in [1.54, 1.807) is 42.7 Å². The molecule has 0 atom stereocenters. The standard InChI is InChI=1S/C16H17ClN2O3/c1-12(20)19(15-7-3-2-6-14(15)17)9-8-16(21)18-11-13-5-4-10-22-13/h2-7,10H,8-9,11H2,1H3,(H,18,21). The normalized spacial score (nSPS) is 10.3. The summed E-state index contributed by atoms with van der Waals surface area (Å²) in [5.74, 6) is 0.365. The lowest BCUT2D eigenvalue weighted by molar-refractivity contribution is -0.121. The number of carbonyl (C=O) groups excluding carboxylic acids is 2. The predicted molar refractivity (Wildman–Crippen MR) is 84.7 cm³/mol. The maximum Gasteiger partial charge on any atom is 0.223 e. The van der Waals surface area contributed by atoms with E-state index in [0.717, 1.165) is 0 Å². The van der Waals surface area contributed by atoms with Gasteiger partial charge in [0.1, 0.15) is 5.76 Å². The Labute approximate surface area is 133 Å². The summed E-state index contributed by atoms with van der Waals surface area (Å²) in [5, 5.41) is 3.22. The predicted octanol–water partition coefficient (Wildman–Crippen LogP) is 2.99. The van der Waals surface area contributed by atoms with E-state index >= 15 is 0 Å². The zero-order valence-electron chi connectivity index (χ0n) is 12.2. The van der Waals surface area contributed by atoms with Gasteiger partial charge < -0.3 is 14.6 Å². The van der Waals surface area contributed by atoms with Gasteiger partial charge in [0.2, 0.25) is 11.8 Å². The van der Waals surface area contributed by atoms with Crippen LogP contribution in [0.4, 0.5) is 5.69 Å². The van der Waals surface area contributed by atoms with Crippen molar-refractivity contribution in [1.29, 1.82) is 0 Å². The molecule has 1 aromatic carbocycles. The molecule has 0 saturated carbocycles. The molecule has 0 saturated heterocycles. The summed E-state index contributed by atoms with van der Waals surface area (Å²) < 4.78 is 5.14. The molecule has 116 valence electrons. The first-order valence-electron chi connectivity index (χ1n) is 6.89. The number of nitrogens with zero attached hydrogens (tertiary/aromatic N) is 1. The van der Waals surface area contributed by atoms with Crippen molar-refractivity contribution in [1.82, 2.24) is 5.32 Å². The Kier molecular flexibility index (Phi) is 5.61. The molecule has 22 heavy (non-hydrogen) atoms. The Morgan fingerprint density at radius 1 is 1.23 bits per heavy atom. The van der Waals surface area contributed by atoms with Crippen LogP contribution in [0.25, 0.3) is 0 Å². The first-order valence-corrected chi connectivity index (χ1v) is 7.27. The number of hydrogen-bond acceptors (Lipinski definition) is 3. The van der Waals surface area contributed by atoms with Crippen molar-refractivity contribution in [3.05, 3.63) is 53.4 Å². The summed E-state index contributed by atoms with van der Waals surface area (Å²) in [6, 6.07) is 10.6. The third kappa shape index (κ3) is 4.36. The third-order valence-electron chi connectivity index (χ3n) is 3.13. The number of benzene rings is 1. The van der Waals surface area contributed by atoms with E-state index in [-0.39, 0.29) is 24.8 Å². The van der Waals surface area contributed by atoms with Crippen LogP contribution in [0.5, 0.6) is 0 Å². The number of halogens is 1. The Morgan fingerprint density at radius 2 is 2.00 bits per heavy atom. The topological polar surface area (TPSA) is 62.6 Å². The first kappa shape index (κ1) is 16.1. The van der Waals surface area contributed by atoms with Crippen LogP contribution in [-0.2, 0) is 16.1 Å². The van der Waals surface area contributed by atoms with Gasteiger partial charge in [-0.1, -0.05) is 23.7 Å². The van der Waals surface area contributed by atoms with Gasteiger partial charge >= 0.3 is 0 Å². The fourth-order valence-electron chi connectivity index (χ4n) is 2.02. The summed E-state index contributed by atoms with van der Waals surface area (Å²) in [5.41, 5.74) is 0.607. The molecule has 0 aliphatic rings. The van der Waals surface area contributed by atoms with Crippen LogP contribution in [0.3, 0.4) is 0 Å². The quantitative estimate of drug-likeness (QED) is 0.890. The molecule has 5 nitrogen and oxygen atoms in total. The summed E-state index contributed by atoms with van der Waals surface area (Å²) >= 11 is 6.10. The van der Waals surface area contributed by atoms with Gasteiger partial charge in [0, 0.05) is 19.9 Å². The Bertz CT molecular complexity index is 641. The minimum absolute atomic E-state index is 0.158. The molecule has 2 aromatic rings. The second-order valence-corrected chi connectivity index (χ2v) is 5.14. The maximum absolute atomic E-state index is 11.9. The van der Waals surface area contributed by atoms with E-state index in [0.29, 0.717) is 23.0 Å². The Morgan fingerprint density at radius 3 is 2.64 bits per heavy atom. The number of nitrogens with one attached hydrogen (secondary N) is 1. The molecular formula is C16H17ClN2O3. The molecule has 0 spiro atoms. The number of para-hydroxylation sites is 1. The van der Waals surface area contributed by atoms with Crippen LogP contribution < -0.4 is 10.2 Å². The van der Waals surface area contributed by atoms with Crippen molar-refractivity contribution in [3.8, 4) is 0 Å². The monoisotopic (exact) mass is 320 g/mol. The lowest BCUT2D eigenvalue weighted by atomic mass is 10.2. The highest BCUT2D eigenvalue weighted by molar-refractivity contribution is 6.33. The lowest BCUT2D eigenvalue weighted by Gasteiger charge is -2.22. The van der Waals surface area contributed by atoms with Crippen LogP contribution in [0, 0.1) is 0 Å². The fraction of sp³-hybridized carbons (Fsp3) is 0.250. The first-order chi connectivity index (χ1) is 10.6. The number of rotatable bonds is 6. The average molecular weight is 321 g/mol. The average Bonchev–Trinajstić information content (AvgIpc) is 3.00. The van der Waals surface area contributed by atoms with Crippen LogP contribution in [0.15, 0.2) is 47.1 Å². The molecule has 6 heteroatoms. The van der Waals surface area contributed by atoms with Gasteiger partial charge in [-0.3, -0.25) is 9.59 Å². The van der Waals surface area contributed by atoms with Crippen molar-refractivity contribution < 1.29 is 14.0 Å². The smallest absolute Gasteiger partial charge is 0.223 e. The van der Waals surface area contributed by atoms with Crippen LogP contribution in [0.1, 0.15) is 19.1 Å². The van der Waals surface area contributed by atoms with Gasteiger partial charge in [-0.15, -0.1) is 0 Å². The zero-order valence-corrected chi connectivity index (χ0v) is 13.0. The summed E-state index contributed by atoms with van der Waals surface area (Å²) in [7, 11) is 0. The van der Waals surface area contributed by atoms with E-state index in [1.165, 1.54) is 11.8 Å². The molecule has 0 bridgehead atoms. The molecule has 2 amide bonds. The maximum atomic E-state index is 11.9.